The predicted molar refractivity (Wildman–Crippen MR) is 84.5 cm³/mol. The van der Waals surface area contributed by atoms with Crippen LogP contribution in [0, 0.1) is 20.8 Å². The Morgan fingerprint density at radius 2 is 1.48 bits per heavy atom. The van der Waals surface area contributed by atoms with Crippen LogP contribution in [0.25, 0.3) is 0 Å². The molecule has 0 aromatic heterocycles. The van der Waals surface area contributed by atoms with Gasteiger partial charge in [-0.1, -0.05) is 17.7 Å². The maximum absolute atomic E-state index is 11.4. The van der Waals surface area contributed by atoms with Gasteiger partial charge in [0.1, 0.15) is 12.4 Å². The van der Waals surface area contributed by atoms with Crippen LogP contribution in [0.4, 0.5) is 0 Å². The van der Waals surface area contributed by atoms with Crippen LogP contribution in [-0.4, -0.2) is 14.7 Å². The number of aryl methyl sites for hydroxylation is 3. The van der Waals surface area contributed by atoms with Gasteiger partial charge >= 0.3 is 0 Å². The molecule has 0 radical (unpaired) electrons. The van der Waals surface area contributed by atoms with E-state index in [0.717, 1.165) is 0 Å². The van der Waals surface area contributed by atoms with Crippen molar-refractivity contribution in [3.05, 3.63) is 58.7 Å². The fourth-order valence-corrected chi connectivity index (χ4v) is 3.01. The Balaban J connectivity index is 2.14. The summed E-state index contributed by atoms with van der Waals surface area (Å²) in [6.45, 7) is 6.71. The summed E-state index contributed by atoms with van der Waals surface area (Å²) < 4.78 is 28.6. The second-order valence-electron chi connectivity index (χ2n) is 5.41. The first-order valence-corrected chi connectivity index (χ1v) is 8.66. The van der Waals surface area contributed by atoms with E-state index in [4.69, 9.17) is 4.74 Å². The van der Waals surface area contributed by atoms with Crippen molar-refractivity contribution in [2.45, 2.75) is 32.3 Å². The van der Waals surface area contributed by atoms with Gasteiger partial charge in [0.25, 0.3) is 0 Å². The van der Waals surface area contributed by atoms with Gasteiger partial charge in [-0.2, -0.15) is 0 Å². The fourth-order valence-electron chi connectivity index (χ4n) is 2.38. The van der Waals surface area contributed by atoms with Gasteiger partial charge in [0, 0.05) is 6.26 Å². The van der Waals surface area contributed by atoms with E-state index in [9.17, 15) is 8.42 Å². The Kier molecular flexibility index (Phi) is 4.37. The third-order valence-electron chi connectivity index (χ3n) is 3.48. The highest BCUT2D eigenvalue weighted by Gasteiger charge is 2.08. The predicted octanol–water partition coefficient (Wildman–Crippen LogP) is 3.59. The van der Waals surface area contributed by atoms with Gasteiger partial charge in [0.15, 0.2) is 9.84 Å². The molecule has 0 bridgehead atoms. The van der Waals surface area contributed by atoms with E-state index < -0.39 is 9.84 Å². The first kappa shape index (κ1) is 15.6. The average molecular weight is 304 g/mol. The normalized spacial score (nSPS) is 11.4. The summed E-state index contributed by atoms with van der Waals surface area (Å²) in [4.78, 5) is 0.303. The van der Waals surface area contributed by atoms with Crippen molar-refractivity contribution in [2.24, 2.45) is 0 Å². The average Bonchev–Trinajstić information content (AvgIpc) is 2.37. The van der Waals surface area contributed by atoms with Gasteiger partial charge in [-0.05, 0) is 61.7 Å². The Hall–Kier alpha value is -1.81. The third-order valence-corrected chi connectivity index (χ3v) is 4.60. The number of rotatable bonds is 4. The number of ether oxygens (including phenoxy) is 1. The lowest BCUT2D eigenvalue weighted by Gasteiger charge is -2.13. The van der Waals surface area contributed by atoms with Crippen molar-refractivity contribution in [3.63, 3.8) is 0 Å². The van der Waals surface area contributed by atoms with E-state index in [0.29, 0.717) is 17.3 Å². The molecule has 0 saturated carbocycles. The molecular weight excluding hydrogens is 284 g/mol. The van der Waals surface area contributed by atoms with Crippen LogP contribution in [0.1, 0.15) is 22.3 Å². The van der Waals surface area contributed by atoms with Crippen LogP contribution in [0.15, 0.2) is 41.3 Å². The van der Waals surface area contributed by atoms with E-state index in [-0.39, 0.29) is 0 Å². The highest BCUT2D eigenvalue weighted by atomic mass is 32.2. The summed E-state index contributed by atoms with van der Waals surface area (Å²) in [6.07, 6.45) is 1.20. The van der Waals surface area contributed by atoms with Crippen molar-refractivity contribution in [1.29, 1.82) is 0 Å². The Morgan fingerprint density at radius 3 is 1.95 bits per heavy atom. The molecule has 2 aromatic rings. The smallest absolute Gasteiger partial charge is 0.175 e. The minimum atomic E-state index is -3.16. The van der Waals surface area contributed by atoms with E-state index in [1.807, 2.05) is 0 Å². The third kappa shape index (κ3) is 3.85. The van der Waals surface area contributed by atoms with Crippen molar-refractivity contribution < 1.29 is 13.2 Å². The second kappa shape index (κ2) is 5.90. The van der Waals surface area contributed by atoms with Crippen molar-refractivity contribution >= 4 is 9.84 Å². The molecular formula is C17H20O3S. The highest BCUT2D eigenvalue weighted by molar-refractivity contribution is 7.90. The first-order valence-electron chi connectivity index (χ1n) is 6.77. The molecule has 0 saturated heterocycles. The first-order chi connectivity index (χ1) is 9.77. The Labute approximate surface area is 126 Å². The largest absolute Gasteiger partial charge is 0.489 e. The summed E-state index contributed by atoms with van der Waals surface area (Å²) in [6, 6.07) is 10.8. The van der Waals surface area contributed by atoms with E-state index in [1.54, 1.807) is 24.3 Å². The summed E-state index contributed by atoms with van der Waals surface area (Å²) in [7, 11) is -3.16. The van der Waals surface area contributed by atoms with Gasteiger partial charge < -0.3 is 4.74 Å². The lowest BCUT2D eigenvalue weighted by molar-refractivity contribution is 0.304. The van der Waals surface area contributed by atoms with Crippen LogP contribution in [0.5, 0.6) is 5.75 Å². The van der Waals surface area contributed by atoms with Gasteiger partial charge in [0.05, 0.1) is 4.90 Å². The quantitative estimate of drug-likeness (QED) is 0.867. The van der Waals surface area contributed by atoms with E-state index >= 15 is 0 Å². The molecule has 0 amide bonds. The molecule has 3 nitrogen and oxygen atoms in total. The maximum atomic E-state index is 11.4. The lowest BCUT2D eigenvalue weighted by atomic mass is 10.0. The van der Waals surface area contributed by atoms with Crippen LogP contribution < -0.4 is 4.74 Å². The molecule has 21 heavy (non-hydrogen) atoms. The number of benzene rings is 2. The minimum absolute atomic E-state index is 0.303. The highest BCUT2D eigenvalue weighted by Crippen LogP contribution is 2.21. The molecule has 0 fully saturated rings. The molecule has 0 aliphatic carbocycles. The van der Waals surface area contributed by atoms with Crippen LogP contribution in [0.3, 0.4) is 0 Å². The molecule has 112 valence electrons. The molecule has 0 heterocycles. The molecule has 2 rings (SSSR count). The second-order valence-corrected chi connectivity index (χ2v) is 7.43. The molecule has 2 aromatic carbocycles. The van der Waals surface area contributed by atoms with Gasteiger partial charge in [-0.25, -0.2) is 8.42 Å². The van der Waals surface area contributed by atoms with E-state index in [2.05, 4.69) is 32.9 Å². The lowest BCUT2D eigenvalue weighted by Crippen LogP contribution is -2.02. The summed E-state index contributed by atoms with van der Waals surface area (Å²) >= 11 is 0. The Morgan fingerprint density at radius 1 is 0.952 bits per heavy atom. The maximum Gasteiger partial charge on any atom is 0.175 e. The van der Waals surface area contributed by atoms with Crippen molar-refractivity contribution in [3.8, 4) is 5.75 Å². The SMILES string of the molecule is Cc1cc(C)c(COc2ccc(S(C)(=O)=O)cc2)c(C)c1. The number of sulfone groups is 1. The zero-order chi connectivity index (χ0) is 15.6. The van der Waals surface area contributed by atoms with E-state index in [1.165, 1.54) is 28.5 Å². The molecule has 0 aliphatic heterocycles. The van der Waals surface area contributed by atoms with Gasteiger partial charge in [-0.15, -0.1) is 0 Å². The summed E-state index contributed by atoms with van der Waals surface area (Å²) in [5, 5.41) is 0. The standard InChI is InChI=1S/C17H20O3S/c1-12-9-13(2)17(14(3)10-12)11-20-15-5-7-16(8-6-15)21(4,18)19/h5-10H,11H2,1-4H3. The summed E-state index contributed by atoms with van der Waals surface area (Å²) in [5.74, 6) is 0.668. The van der Waals surface area contributed by atoms with Gasteiger partial charge in [0.2, 0.25) is 0 Å². The van der Waals surface area contributed by atoms with Gasteiger partial charge in [-0.3, -0.25) is 0 Å². The fraction of sp³-hybridized carbons (Fsp3) is 0.294. The Bertz CT molecular complexity index is 721. The molecule has 0 aliphatic rings. The van der Waals surface area contributed by atoms with Crippen molar-refractivity contribution in [2.75, 3.05) is 6.26 Å². The topological polar surface area (TPSA) is 43.4 Å². The molecule has 4 heteroatoms. The van der Waals surface area contributed by atoms with Crippen LogP contribution >= 0.6 is 0 Å². The molecule has 0 spiro atoms. The zero-order valence-electron chi connectivity index (χ0n) is 12.8. The monoisotopic (exact) mass is 304 g/mol. The molecule has 0 unspecified atom stereocenters. The van der Waals surface area contributed by atoms with Crippen LogP contribution in [-0.2, 0) is 16.4 Å². The van der Waals surface area contributed by atoms with Crippen molar-refractivity contribution in [1.82, 2.24) is 0 Å². The number of hydrogen-bond donors (Lipinski definition) is 0. The molecule has 0 atom stereocenters. The minimum Gasteiger partial charge on any atom is -0.489 e. The molecule has 0 N–H and O–H groups in total. The van der Waals surface area contributed by atoms with Crippen LogP contribution in [0.2, 0.25) is 0 Å². The zero-order valence-corrected chi connectivity index (χ0v) is 13.6. The summed E-state index contributed by atoms with van der Waals surface area (Å²) in [5.41, 5.74) is 4.83. The number of hydrogen-bond acceptors (Lipinski definition) is 3.